The van der Waals surface area contributed by atoms with Gasteiger partial charge < -0.3 is 20.5 Å². The predicted octanol–water partition coefficient (Wildman–Crippen LogP) is 0.814. The van der Waals surface area contributed by atoms with E-state index in [0.717, 1.165) is 12.1 Å². The second kappa shape index (κ2) is 5.37. The van der Waals surface area contributed by atoms with Gasteiger partial charge in [-0.25, -0.2) is 0 Å². The number of aliphatic hydroxyl groups is 1. The molecule has 1 heterocycles. The second-order valence-corrected chi connectivity index (χ2v) is 4.31. The first kappa shape index (κ1) is 12.9. The molecule has 0 spiro atoms. The minimum Gasteiger partial charge on any atom is -0.482 e. The van der Waals surface area contributed by atoms with Crippen LogP contribution >= 0.6 is 0 Å². The molecule has 0 saturated carbocycles. The number of nitrogens with two attached hydrogens (primary N) is 1. The van der Waals surface area contributed by atoms with Crippen molar-refractivity contribution >= 4 is 11.6 Å². The Morgan fingerprint density at radius 3 is 3.00 bits per heavy atom. The highest BCUT2D eigenvalue weighted by Crippen LogP contribution is 2.34. The van der Waals surface area contributed by atoms with E-state index in [2.05, 4.69) is 0 Å². The van der Waals surface area contributed by atoms with Gasteiger partial charge in [0.1, 0.15) is 5.75 Å². The minimum atomic E-state index is -0.712. The summed E-state index contributed by atoms with van der Waals surface area (Å²) in [4.78, 5) is 13.5. The van der Waals surface area contributed by atoms with E-state index in [1.54, 1.807) is 23.1 Å². The van der Waals surface area contributed by atoms with Gasteiger partial charge in [0.05, 0.1) is 11.8 Å². The van der Waals surface area contributed by atoms with Crippen LogP contribution in [0.4, 0.5) is 5.69 Å². The van der Waals surface area contributed by atoms with E-state index in [4.69, 9.17) is 10.5 Å². The minimum absolute atomic E-state index is 0.0521. The van der Waals surface area contributed by atoms with Crippen LogP contribution in [0.5, 0.6) is 5.75 Å². The van der Waals surface area contributed by atoms with Crippen LogP contribution < -0.4 is 15.4 Å². The Hall–Kier alpha value is -1.59. The summed E-state index contributed by atoms with van der Waals surface area (Å²) < 4.78 is 5.38. The molecule has 98 valence electrons. The van der Waals surface area contributed by atoms with Gasteiger partial charge in [0.15, 0.2) is 6.61 Å². The first-order chi connectivity index (χ1) is 8.67. The summed E-state index contributed by atoms with van der Waals surface area (Å²) in [5.41, 5.74) is 6.86. The SMILES string of the molecule is CCCN1C(=O)COc2ccc(C(O)CN)cc21. The van der Waals surface area contributed by atoms with Gasteiger partial charge in [-0.3, -0.25) is 4.79 Å². The smallest absolute Gasteiger partial charge is 0.265 e. The molecule has 5 heteroatoms. The molecule has 0 fully saturated rings. The van der Waals surface area contributed by atoms with Gasteiger partial charge in [0, 0.05) is 13.1 Å². The molecule has 18 heavy (non-hydrogen) atoms. The number of carbonyl (C=O) groups excluding carboxylic acids is 1. The second-order valence-electron chi connectivity index (χ2n) is 4.31. The lowest BCUT2D eigenvalue weighted by molar-refractivity contribution is -0.121. The van der Waals surface area contributed by atoms with E-state index in [1.165, 1.54) is 0 Å². The molecule has 1 aromatic carbocycles. The zero-order valence-corrected chi connectivity index (χ0v) is 10.4. The summed E-state index contributed by atoms with van der Waals surface area (Å²) >= 11 is 0. The molecule has 1 unspecified atom stereocenters. The maximum absolute atomic E-state index is 11.8. The standard InChI is InChI=1S/C13H18N2O3/c1-2-5-15-10-6-9(11(16)7-14)3-4-12(10)18-8-13(15)17/h3-4,6,11,16H,2,5,7-8,14H2,1H3. The lowest BCUT2D eigenvalue weighted by Crippen LogP contribution is -2.39. The van der Waals surface area contributed by atoms with E-state index >= 15 is 0 Å². The molecular weight excluding hydrogens is 232 g/mol. The number of ether oxygens (including phenoxy) is 1. The van der Waals surface area contributed by atoms with Gasteiger partial charge in [-0.2, -0.15) is 0 Å². The molecule has 0 aliphatic carbocycles. The van der Waals surface area contributed by atoms with Gasteiger partial charge in [-0.15, -0.1) is 0 Å². The third-order valence-electron chi connectivity index (χ3n) is 2.98. The highest BCUT2D eigenvalue weighted by Gasteiger charge is 2.25. The summed E-state index contributed by atoms with van der Waals surface area (Å²) in [7, 11) is 0. The number of hydrogen-bond donors (Lipinski definition) is 2. The number of hydrogen-bond acceptors (Lipinski definition) is 4. The van der Waals surface area contributed by atoms with Crippen molar-refractivity contribution in [3.63, 3.8) is 0 Å². The Kier molecular flexibility index (Phi) is 3.84. The molecule has 1 aliphatic rings. The lowest BCUT2D eigenvalue weighted by Gasteiger charge is -2.29. The Balaban J connectivity index is 2.38. The highest BCUT2D eigenvalue weighted by molar-refractivity contribution is 5.97. The zero-order valence-electron chi connectivity index (χ0n) is 10.4. The molecule has 1 aromatic rings. The lowest BCUT2D eigenvalue weighted by atomic mass is 10.1. The normalized spacial score (nSPS) is 16.2. The number of fused-ring (bicyclic) bond motifs is 1. The molecule has 0 saturated heterocycles. The third-order valence-corrected chi connectivity index (χ3v) is 2.98. The largest absolute Gasteiger partial charge is 0.482 e. The number of carbonyl (C=O) groups is 1. The van der Waals surface area contributed by atoms with Crippen molar-refractivity contribution in [1.29, 1.82) is 0 Å². The first-order valence-electron chi connectivity index (χ1n) is 6.12. The predicted molar refractivity (Wildman–Crippen MR) is 68.6 cm³/mol. The van der Waals surface area contributed by atoms with Crippen molar-refractivity contribution in [2.75, 3.05) is 24.6 Å². The Morgan fingerprint density at radius 2 is 2.33 bits per heavy atom. The molecule has 5 nitrogen and oxygen atoms in total. The van der Waals surface area contributed by atoms with Crippen LogP contribution in [0.1, 0.15) is 25.0 Å². The summed E-state index contributed by atoms with van der Waals surface area (Å²) in [5.74, 6) is 0.625. The summed E-state index contributed by atoms with van der Waals surface area (Å²) in [6.45, 7) is 2.89. The molecule has 1 amide bonds. The number of amides is 1. The monoisotopic (exact) mass is 250 g/mol. The quantitative estimate of drug-likeness (QED) is 0.829. The molecule has 0 radical (unpaired) electrons. The third kappa shape index (κ3) is 2.32. The Labute approximate surface area is 106 Å². The average Bonchev–Trinajstić information content (AvgIpc) is 2.40. The molecule has 1 aliphatic heterocycles. The van der Waals surface area contributed by atoms with Gasteiger partial charge >= 0.3 is 0 Å². The average molecular weight is 250 g/mol. The summed E-state index contributed by atoms with van der Waals surface area (Å²) in [6, 6.07) is 5.33. The topological polar surface area (TPSA) is 75.8 Å². The van der Waals surface area contributed by atoms with Crippen LogP contribution in [0.3, 0.4) is 0 Å². The fourth-order valence-corrected chi connectivity index (χ4v) is 2.03. The van der Waals surface area contributed by atoms with Crippen molar-refractivity contribution in [2.45, 2.75) is 19.4 Å². The van der Waals surface area contributed by atoms with Crippen molar-refractivity contribution in [2.24, 2.45) is 5.73 Å². The van der Waals surface area contributed by atoms with Gasteiger partial charge in [0.2, 0.25) is 0 Å². The van der Waals surface area contributed by atoms with Crippen LogP contribution in [0.2, 0.25) is 0 Å². The van der Waals surface area contributed by atoms with Crippen molar-refractivity contribution in [1.82, 2.24) is 0 Å². The maximum atomic E-state index is 11.8. The molecule has 0 aromatic heterocycles. The van der Waals surface area contributed by atoms with Crippen molar-refractivity contribution < 1.29 is 14.6 Å². The van der Waals surface area contributed by atoms with E-state index in [0.29, 0.717) is 17.9 Å². The van der Waals surface area contributed by atoms with E-state index < -0.39 is 6.10 Å². The molecular formula is C13H18N2O3. The van der Waals surface area contributed by atoms with E-state index in [9.17, 15) is 9.90 Å². The highest BCUT2D eigenvalue weighted by atomic mass is 16.5. The van der Waals surface area contributed by atoms with Crippen molar-refractivity contribution in [3.05, 3.63) is 23.8 Å². The van der Waals surface area contributed by atoms with Gasteiger partial charge in [0.25, 0.3) is 5.91 Å². The maximum Gasteiger partial charge on any atom is 0.265 e. The van der Waals surface area contributed by atoms with Crippen LogP contribution in [0.15, 0.2) is 18.2 Å². The molecule has 2 rings (SSSR count). The Morgan fingerprint density at radius 1 is 1.56 bits per heavy atom. The first-order valence-corrected chi connectivity index (χ1v) is 6.12. The number of aliphatic hydroxyl groups excluding tert-OH is 1. The van der Waals surface area contributed by atoms with Crippen LogP contribution in [0, 0.1) is 0 Å². The van der Waals surface area contributed by atoms with Crippen LogP contribution in [0.25, 0.3) is 0 Å². The molecule has 1 atom stereocenters. The zero-order chi connectivity index (χ0) is 13.1. The van der Waals surface area contributed by atoms with Crippen LogP contribution in [-0.4, -0.2) is 30.7 Å². The fraction of sp³-hybridized carbons (Fsp3) is 0.462. The van der Waals surface area contributed by atoms with Crippen molar-refractivity contribution in [3.8, 4) is 5.75 Å². The number of nitrogens with zero attached hydrogens (tertiary/aromatic N) is 1. The number of benzene rings is 1. The number of rotatable bonds is 4. The summed E-state index contributed by atoms with van der Waals surface area (Å²) in [5, 5.41) is 9.74. The van der Waals surface area contributed by atoms with Crippen LogP contribution in [-0.2, 0) is 4.79 Å². The molecule has 0 bridgehead atoms. The van der Waals surface area contributed by atoms with E-state index in [1.807, 2.05) is 6.92 Å². The fourth-order valence-electron chi connectivity index (χ4n) is 2.03. The summed E-state index contributed by atoms with van der Waals surface area (Å²) in [6.07, 6.45) is 0.158. The Bertz CT molecular complexity index is 448. The van der Waals surface area contributed by atoms with Gasteiger partial charge in [-0.1, -0.05) is 13.0 Å². The molecule has 3 N–H and O–H groups in total. The van der Waals surface area contributed by atoms with Gasteiger partial charge in [-0.05, 0) is 24.1 Å². The van der Waals surface area contributed by atoms with E-state index in [-0.39, 0.29) is 19.1 Å². The number of anilines is 1.